The standard InChI is InChI=1S/C8H9N5O2/c1-12-4-7(10-11-12)5-13-3-6(2-9-13)8(14)15/h2-4H,5H2,1H3,(H,14,15). The van der Waals surface area contributed by atoms with Crippen molar-refractivity contribution in [2.75, 3.05) is 0 Å². The first kappa shape index (κ1) is 9.38. The Labute approximate surface area is 84.9 Å². The van der Waals surface area contributed by atoms with Gasteiger partial charge in [0.15, 0.2) is 0 Å². The van der Waals surface area contributed by atoms with Crippen LogP contribution in [0.1, 0.15) is 16.1 Å². The smallest absolute Gasteiger partial charge is 0.338 e. The molecule has 0 aliphatic rings. The zero-order chi connectivity index (χ0) is 10.8. The average Bonchev–Trinajstić information content (AvgIpc) is 2.76. The van der Waals surface area contributed by atoms with Gasteiger partial charge in [0, 0.05) is 19.4 Å². The summed E-state index contributed by atoms with van der Waals surface area (Å²) in [4.78, 5) is 10.6. The van der Waals surface area contributed by atoms with Crippen LogP contribution in [-0.2, 0) is 13.6 Å². The highest BCUT2D eigenvalue weighted by atomic mass is 16.4. The molecule has 2 aromatic heterocycles. The molecule has 0 saturated heterocycles. The maximum Gasteiger partial charge on any atom is 0.338 e. The van der Waals surface area contributed by atoms with Gasteiger partial charge in [-0.1, -0.05) is 5.21 Å². The lowest BCUT2D eigenvalue weighted by molar-refractivity contribution is 0.0697. The van der Waals surface area contributed by atoms with E-state index in [1.54, 1.807) is 17.9 Å². The second-order valence-electron chi connectivity index (χ2n) is 3.12. The number of aryl methyl sites for hydroxylation is 1. The maximum absolute atomic E-state index is 10.6. The number of aromatic nitrogens is 5. The second kappa shape index (κ2) is 3.52. The molecule has 78 valence electrons. The van der Waals surface area contributed by atoms with Crippen molar-refractivity contribution in [3.05, 3.63) is 29.8 Å². The van der Waals surface area contributed by atoms with Gasteiger partial charge >= 0.3 is 5.97 Å². The van der Waals surface area contributed by atoms with E-state index in [4.69, 9.17) is 5.11 Å². The van der Waals surface area contributed by atoms with Crippen molar-refractivity contribution in [3.63, 3.8) is 0 Å². The van der Waals surface area contributed by atoms with Crippen LogP contribution in [0.15, 0.2) is 18.6 Å². The Balaban J connectivity index is 2.14. The summed E-state index contributed by atoms with van der Waals surface area (Å²) in [6, 6.07) is 0. The molecule has 0 aromatic carbocycles. The van der Waals surface area contributed by atoms with E-state index < -0.39 is 5.97 Å². The molecule has 0 fully saturated rings. The van der Waals surface area contributed by atoms with E-state index in [1.807, 2.05) is 0 Å². The number of carboxylic acids is 1. The van der Waals surface area contributed by atoms with Crippen molar-refractivity contribution in [1.29, 1.82) is 0 Å². The minimum absolute atomic E-state index is 0.166. The fraction of sp³-hybridized carbons (Fsp3) is 0.250. The number of carboxylic acid groups (broad SMARTS) is 1. The van der Waals surface area contributed by atoms with Gasteiger partial charge in [-0.2, -0.15) is 5.10 Å². The fourth-order valence-corrected chi connectivity index (χ4v) is 1.19. The summed E-state index contributed by atoms with van der Waals surface area (Å²) in [7, 11) is 1.77. The minimum atomic E-state index is -0.986. The molecule has 0 saturated carbocycles. The lowest BCUT2D eigenvalue weighted by atomic mass is 10.4. The van der Waals surface area contributed by atoms with Gasteiger partial charge in [-0.15, -0.1) is 5.10 Å². The molecule has 0 atom stereocenters. The Hall–Kier alpha value is -2.18. The SMILES string of the molecule is Cn1cc(Cn2cc(C(=O)O)cn2)nn1. The highest BCUT2D eigenvalue weighted by Gasteiger charge is 2.07. The van der Waals surface area contributed by atoms with E-state index in [0.717, 1.165) is 5.69 Å². The Kier molecular flexibility index (Phi) is 2.20. The molecule has 2 rings (SSSR count). The molecule has 0 bridgehead atoms. The van der Waals surface area contributed by atoms with E-state index in [0.29, 0.717) is 6.54 Å². The van der Waals surface area contributed by atoms with E-state index in [9.17, 15) is 4.79 Å². The molecule has 0 unspecified atom stereocenters. The topological polar surface area (TPSA) is 85.8 Å². The largest absolute Gasteiger partial charge is 0.478 e. The van der Waals surface area contributed by atoms with Crippen molar-refractivity contribution < 1.29 is 9.90 Å². The van der Waals surface area contributed by atoms with Gasteiger partial charge in [0.05, 0.1) is 18.3 Å². The van der Waals surface area contributed by atoms with E-state index in [1.165, 1.54) is 17.1 Å². The lowest BCUT2D eigenvalue weighted by Gasteiger charge is -1.94. The molecule has 2 aromatic rings. The summed E-state index contributed by atoms with van der Waals surface area (Å²) in [5.74, 6) is -0.986. The monoisotopic (exact) mass is 207 g/mol. The predicted molar refractivity (Wildman–Crippen MR) is 49.3 cm³/mol. The molecule has 15 heavy (non-hydrogen) atoms. The van der Waals surface area contributed by atoms with Crippen LogP contribution in [0, 0.1) is 0 Å². The minimum Gasteiger partial charge on any atom is -0.478 e. The molecule has 0 radical (unpaired) electrons. The summed E-state index contributed by atoms with van der Waals surface area (Å²) in [6.45, 7) is 0.418. The number of hydrogen-bond acceptors (Lipinski definition) is 4. The quantitative estimate of drug-likeness (QED) is 0.750. The van der Waals surface area contributed by atoms with E-state index in [-0.39, 0.29) is 5.56 Å². The number of carbonyl (C=O) groups is 1. The summed E-state index contributed by atoms with van der Waals surface area (Å²) in [5, 5.41) is 20.2. The molecule has 7 heteroatoms. The molecule has 0 aliphatic carbocycles. The van der Waals surface area contributed by atoms with Gasteiger partial charge in [-0.25, -0.2) is 4.79 Å². The number of nitrogens with zero attached hydrogens (tertiary/aromatic N) is 5. The highest BCUT2D eigenvalue weighted by molar-refractivity contribution is 5.86. The molecule has 0 aliphatic heterocycles. The molecule has 0 spiro atoms. The van der Waals surface area contributed by atoms with Gasteiger partial charge in [0.2, 0.25) is 0 Å². The van der Waals surface area contributed by atoms with E-state index >= 15 is 0 Å². The van der Waals surface area contributed by atoms with Crippen LogP contribution in [-0.4, -0.2) is 35.9 Å². The normalized spacial score (nSPS) is 10.5. The van der Waals surface area contributed by atoms with Crippen molar-refractivity contribution in [3.8, 4) is 0 Å². The van der Waals surface area contributed by atoms with Crippen LogP contribution in [0.25, 0.3) is 0 Å². The predicted octanol–water partition coefficient (Wildman–Crippen LogP) is -0.242. The van der Waals surface area contributed by atoms with Gasteiger partial charge in [0.1, 0.15) is 5.69 Å². The number of aromatic carboxylic acids is 1. The van der Waals surface area contributed by atoms with Gasteiger partial charge in [-0.3, -0.25) is 9.36 Å². The highest BCUT2D eigenvalue weighted by Crippen LogP contribution is 2.00. The van der Waals surface area contributed by atoms with Crippen LogP contribution >= 0.6 is 0 Å². The third kappa shape index (κ3) is 2.01. The third-order valence-corrected chi connectivity index (χ3v) is 1.85. The van der Waals surface area contributed by atoms with Crippen molar-refractivity contribution in [2.45, 2.75) is 6.54 Å². The average molecular weight is 207 g/mol. The van der Waals surface area contributed by atoms with Gasteiger partial charge in [0.25, 0.3) is 0 Å². The van der Waals surface area contributed by atoms with Gasteiger partial charge in [-0.05, 0) is 0 Å². The third-order valence-electron chi connectivity index (χ3n) is 1.85. The first-order chi connectivity index (χ1) is 7.15. The fourth-order valence-electron chi connectivity index (χ4n) is 1.19. The molecule has 2 heterocycles. The van der Waals surface area contributed by atoms with Crippen LogP contribution in [0.4, 0.5) is 0 Å². The number of rotatable bonds is 3. The lowest BCUT2D eigenvalue weighted by Crippen LogP contribution is -2.00. The van der Waals surface area contributed by atoms with Crippen molar-refractivity contribution >= 4 is 5.97 Å². The van der Waals surface area contributed by atoms with Gasteiger partial charge < -0.3 is 5.11 Å². The zero-order valence-electron chi connectivity index (χ0n) is 8.03. The number of hydrogen-bond donors (Lipinski definition) is 1. The van der Waals surface area contributed by atoms with Crippen molar-refractivity contribution in [1.82, 2.24) is 24.8 Å². The summed E-state index contributed by atoms with van der Waals surface area (Å²) in [6.07, 6.45) is 4.51. The van der Waals surface area contributed by atoms with Crippen molar-refractivity contribution in [2.24, 2.45) is 7.05 Å². The summed E-state index contributed by atoms with van der Waals surface area (Å²) >= 11 is 0. The molecule has 1 N–H and O–H groups in total. The maximum atomic E-state index is 10.6. The Morgan fingerprint density at radius 3 is 2.87 bits per heavy atom. The van der Waals surface area contributed by atoms with Crippen LogP contribution < -0.4 is 0 Å². The summed E-state index contributed by atoms with van der Waals surface area (Å²) in [5.41, 5.74) is 0.899. The molecular weight excluding hydrogens is 198 g/mol. The van der Waals surface area contributed by atoms with Crippen LogP contribution in [0.5, 0.6) is 0 Å². The van der Waals surface area contributed by atoms with Crippen LogP contribution in [0.3, 0.4) is 0 Å². The van der Waals surface area contributed by atoms with Crippen LogP contribution in [0.2, 0.25) is 0 Å². The molecule has 0 amide bonds. The first-order valence-corrected chi connectivity index (χ1v) is 4.26. The zero-order valence-corrected chi connectivity index (χ0v) is 8.03. The molecular formula is C8H9N5O2. The first-order valence-electron chi connectivity index (χ1n) is 4.26. The van der Waals surface area contributed by atoms with E-state index in [2.05, 4.69) is 15.4 Å². The summed E-state index contributed by atoms with van der Waals surface area (Å²) < 4.78 is 3.09. The Morgan fingerprint density at radius 2 is 2.33 bits per heavy atom. The Morgan fingerprint density at radius 1 is 1.53 bits per heavy atom. The Bertz CT molecular complexity index is 487. The second-order valence-corrected chi connectivity index (χ2v) is 3.12. The molecule has 7 nitrogen and oxygen atoms in total.